The summed E-state index contributed by atoms with van der Waals surface area (Å²) < 4.78 is 5.72. The van der Waals surface area contributed by atoms with Crippen LogP contribution in [0.1, 0.15) is 32.3 Å². The van der Waals surface area contributed by atoms with Crippen molar-refractivity contribution in [2.45, 2.75) is 38.8 Å². The second-order valence-electron chi connectivity index (χ2n) is 6.45. The lowest BCUT2D eigenvalue weighted by molar-refractivity contribution is -0.384. The number of rotatable bonds is 6. The fourth-order valence-electron chi connectivity index (χ4n) is 2.74. The average Bonchev–Trinajstić information content (AvgIpc) is 2.54. The summed E-state index contributed by atoms with van der Waals surface area (Å²) in [5, 5.41) is 14.0. The Labute approximate surface area is 152 Å². The molecular weight excluding hydrogens is 336 g/mol. The first-order chi connectivity index (χ1) is 12.2. The van der Waals surface area contributed by atoms with Crippen molar-refractivity contribution in [3.8, 4) is 0 Å². The van der Waals surface area contributed by atoms with Gasteiger partial charge in [0.25, 0.3) is 5.69 Å². The molecule has 0 bridgehead atoms. The number of amides is 1. The van der Waals surface area contributed by atoms with Crippen molar-refractivity contribution in [3.63, 3.8) is 0 Å². The second kappa shape index (κ2) is 7.99. The van der Waals surface area contributed by atoms with Crippen molar-refractivity contribution >= 4 is 17.6 Å². The maximum Gasteiger partial charge on any atom is 0.411 e. The number of nitrogens with one attached hydrogen (secondary N) is 1. The van der Waals surface area contributed by atoms with Crippen molar-refractivity contribution in [2.24, 2.45) is 4.99 Å². The quantitative estimate of drug-likeness (QED) is 0.620. The van der Waals surface area contributed by atoms with Crippen LogP contribution in [0, 0.1) is 10.1 Å². The number of aliphatic imine (C=N–C) groups is 1. The third-order valence-corrected chi connectivity index (χ3v) is 3.85. The molecule has 2 rings (SSSR count). The molecule has 0 aliphatic carbocycles. The van der Waals surface area contributed by atoms with Crippen LogP contribution in [0.2, 0.25) is 0 Å². The summed E-state index contributed by atoms with van der Waals surface area (Å²) in [6, 6.07) is 6.18. The molecule has 140 valence electrons. The molecule has 1 aliphatic rings. The van der Waals surface area contributed by atoms with Crippen LogP contribution in [0.4, 0.5) is 10.5 Å². The number of nitro groups is 1. The Morgan fingerprint density at radius 2 is 2.00 bits per heavy atom. The molecular formula is C18H24N4O4. The van der Waals surface area contributed by atoms with Gasteiger partial charge in [0.05, 0.1) is 4.92 Å². The predicted molar refractivity (Wildman–Crippen MR) is 98.9 cm³/mol. The first kappa shape index (κ1) is 19.4. The first-order valence-corrected chi connectivity index (χ1v) is 8.43. The van der Waals surface area contributed by atoms with E-state index in [-0.39, 0.29) is 12.1 Å². The van der Waals surface area contributed by atoms with Gasteiger partial charge in [-0.15, -0.1) is 0 Å². The van der Waals surface area contributed by atoms with Gasteiger partial charge >= 0.3 is 6.09 Å². The van der Waals surface area contributed by atoms with Gasteiger partial charge in [0.15, 0.2) is 0 Å². The summed E-state index contributed by atoms with van der Waals surface area (Å²) in [7, 11) is 3.21. The van der Waals surface area contributed by atoms with Crippen molar-refractivity contribution < 1.29 is 14.5 Å². The van der Waals surface area contributed by atoms with Crippen LogP contribution >= 0.6 is 0 Å². The molecule has 0 saturated carbocycles. The van der Waals surface area contributed by atoms with Gasteiger partial charge in [0.2, 0.25) is 5.72 Å². The van der Waals surface area contributed by atoms with Crippen LogP contribution in [0.3, 0.4) is 0 Å². The van der Waals surface area contributed by atoms with E-state index in [1.165, 1.54) is 17.0 Å². The third kappa shape index (κ3) is 4.81. The Hall–Kier alpha value is -2.90. The maximum absolute atomic E-state index is 12.2. The summed E-state index contributed by atoms with van der Waals surface area (Å²) in [6.45, 7) is 3.88. The van der Waals surface area contributed by atoms with Crippen LogP contribution in [-0.2, 0) is 11.2 Å². The number of hydrogen-bond donors (Lipinski definition) is 1. The van der Waals surface area contributed by atoms with E-state index in [0.29, 0.717) is 5.84 Å². The highest BCUT2D eigenvalue weighted by molar-refractivity contribution is 5.83. The number of non-ortho nitro benzene ring substituents is 1. The Morgan fingerprint density at radius 3 is 2.54 bits per heavy atom. The number of carbonyl (C=O) groups is 1. The minimum Gasteiger partial charge on any atom is -0.417 e. The van der Waals surface area contributed by atoms with Gasteiger partial charge in [-0.2, -0.15) is 0 Å². The molecule has 0 aromatic heterocycles. The lowest BCUT2D eigenvalue weighted by Crippen LogP contribution is -2.43. The molecule has 0 radical (unpaired) electrons. The third-order valence-electron chi connectivity index (χ3n) is 3.85. The molecule has 1 aromatic carbocycles. The molecule has 8 heteroatoms. The molecule has 26 heavy (non-hydrogen) atoms. The van der Waals surface area contributed by atoms with Crippen molar-refractivity contribution in [2.75, 3.05) is 14.1 Å². The topological polar surface area (TPSA) is 97.1 Å². The van der Waals surface area contributed by atoms with Gasteiger partial charge in [-0.1, -0.05) is 25.5 Å². The lowest BCUT2D eigenvalue weighted by Gasteiger charge is -2.33. The standard InChI is InChI=1S/C18H24N4O4/c1-5-6-15-12-18(20-13(2)19-15,26-17(23)21(3)4)11-14-7-9-16(10-8-14)22(24)25/h7-10,12H,5-6,11H2,1-4H3,(H,19,20). The number of ether oxygens (including phenoxy) is 1. The Morgan fingerprint density at radius 1 is 1.35 bits per heavy atom. The van der Waals surface area contributed by atoms with Gasteiger partial charge in [-0.05, 0) is 18.9 Å². The van der Waals surface area contributed by atoms with Crippen molar-refractivity contribution in [3.05, 3.63) is 51.7 Å². The van der Waals surface area contributed by atoms with E-state index in [2.05, 4.69) is 17.2 Å². The van der Waals surface area contributed by atoms with E-state index in [9.17, 15) is 14.9 Å². The fraction of sp³-hybridized carbons (Fsp3) is 0.444. The van der Waals surface area contributed by atoms with E-state index in [1.807, 2.05) is 13.0 Å². The minimum atomic E-state index is -1.18. The van der Waals surface area contributed by atoms with Crippen LogP contribution in [-0.4, -0.2) is 41.6 Å². The van der Waals surface area contributed by atoms with Crippen LogP contribution < -0.4 is 5.32 Å². The van der Waals surface area contributed by atoms with Gasteiger partial charge in [-0.25, -0.2) is 9.79 Å². The average molecular weight is 360 g/mol. The van der Waals surface area contributed by atoms with E-state index in [4.69, 9.17) is 4.74 Å². The highest BCUT2D eigenvalue weighted by Crippen LogP contribution is 2.28. The molecule has 1 unspecified atom stereocenters. The van der Waals surface area contributed by atoms with Gasteiger partial charge < -0.3 is 15.0 Å². The number of nitro benzene ring substituents is 1. The minimum absolute atomic E-state index is 0.0142. The SMILES string of the molecule is CCCC1=CC(Cc2ccc([N+](=O)[O-])cc2)(OC(=O)N(C)C)N=C(C)N1. The zero-order chi connectivity index (χ0) is 19.3. The summed E-state index contributed by atoms with van der Waals surface area (Å²) in [5.41, 5.74) is 0.554. The van der Waals surface area contributed by atoms with E-state index in [1.54, 1.807) is 26.2 Å². The van der Waals surface area contributed by atoms with Gasteiger partial charge in [0, 0.05) is 44.4 Å². The number of benzene rings is 1. The Kier molecular flexibility index (Phi) is 5.97. The maximum atomic E-state index is 12.2. The highest BCUT2D eigenvalue weighted by atomic mass is 16.6. The molecule has 1 atom stereocenters. The van der Waals surface area contributed by atoms with E-state index in [0.717, 1.165) is 24.1 Å². The smallest absolute Gasteiger partial charge is 0.411 e. The normalized spacial score (nSPS) is 19.1. The monoisotopic (exact) mass is 360 g/mol. The molecule has 8 nitrogen and oxygen atoms in total. The van der Waals surface area contributed by atoms with Gasteiger partial charge in [-0.3, -0.25) is 10.1 Å². The Balaban J connectivity index is 2.38. The van der Waals surface area contributed by atoms with E-state index >= 15 is 0 Å². The summed E-state index contributed by atoms with van der Waals surface area (Å²) in [5.74, 6) is 0.657. The molecule has 0 fully saturated rings. The number of amidine groups is 1. The number of hydrogen-bond acceptors (Lipinski definition) is 6. The summed E-state index contributed by atoms with van der Waals surface area (Å²) in [6.07, 6.45) is 3.34. The number of carbonyl (C=O) groups excluding carboxylic acids is 1. The Bertz CT molecular complexity index is 740. The molecule has 1 aromatic rings. The van der Waals surface area contributed by atoms with Crippen LogP contribution in [0.5, 0.6) is 0 Å². The zero-order valence-corrected chi connectivity index (χ0v) is 15.5. The van der Waals surface area contributed by atoms with E-state index < -0.39 is 16.7 Å². The molecule has 0 spiro atoms. The summed E-state index contributed by atoms with van der Waals surface area (Å²) in [4.78, 5) is 28.5. The molecule has 0 saturated heterocycles. The second-order valence-corrected chi connectivity index (χ2v) is 6.45. The molecule has 1 N–H and O–H groups in total. The zero-order valence-electron chi connectivity index (χ0n) is 15.5. The molecule has 1 amide bonds. The van der Waals surface area contributed by atoms with Gasteiger partial charge in [0.1, 0.15) is 5.84 Å². The summed E-state index contributed by atoms with van der Waals surface area (Å²) >= 11 is 0. The van der Waals surface area contributed by atoms with Crippen LogP contribution in [0.25, 0.3) is 0 Å². The number of nitrogens with zero attached hydrogens (tertiary/aromatic N) is 3. The number of allylic oxidation sites excluding steroid dienone is 1. The van der Waals surface area contributed by atoms with Crippen LogP contribution in [0.15, 0.2) is 41.0 Å². The van der Waals surface area contributed by atoms with Crippen molar-refractivity contribution in [1.82, 2.24) is 10.2 Å². The molecule has 1 heterocycles. The highest BCUT2D eigenvalue weighted by Gasteiger charge is 2.36. The predicted octanol–water partition coefficient (Wildman–Crippen LogP) is 3.24. The molecule has 1 aliphatic heterocycles. The van der Waals surface area contributed by atoms with Crippen molar-refractivity contribution in [1.29, 1.82) is 0 Å². The fourth-order valence-corrected chi connectivity index (χ4v) is 2.74. The largest absolute Gasteiger partial charge is 0.417 e. The lowest BCUT2D eigenvalue weighted by atomic mass is 9.99. The first-order valence-electron chi connectivity index (χ1n) is 8.43.